The third-order valence-corrected chi connectivity index (χ3v) is 4.53. The second-order valence-electron chi connectivity index (χ2n) is 5.57. The third kappa shape index (κ3) is 3.55. The van der Waals surface area contributed by atoms with Crippen LogP contribution in [0.15, 0.2) is 60.1 Å². The molecule has 112 valence electrons. The van der Waals surface area contributed by atoms with E-state index in [0.717, 1.165) is 18.9 Å². The van der Waals surface area contributed by atoms with Crippen LogP contribution in [0.25, 0.3) is 0 Å². The summed E-state index contributed by atoms with van der Waals surface area (Å²) in [5.74, 6) is 1.07. The minimum atomic E-state index is 0.872. The molecule has 22 heavy (non-hydrogen) atoms. The number of thiophene rings is 1. The molecule has 0 bridgehead atoms. The van der Waals surface area contributed by atoms with Crippen LogP contribution in [-0.2, 0) is 13.1 Å². The van der Waals surface area contributed by atoms with E-state index in [0.29, 0.717) is 0 Å². The second kappa shape index (κ2) is 6.75. The highest BCUT2D eigenvalue weighted by molar-refractivity contribution is 7.09. The standard InChI is InChI=1S/C19H20N2S/c1-15-6-3-8-17(12-15)13-21(14-18-9-5-11-22-18)19-16(2)7-4-10-20-19/h3-12H,13-14H2,1-2H3. The van der Waals surface area contributed by atoms with Gasteiger partial charge in [0, 0.05) is 17.6 Å². The summed E-state index contributed by atoms with van der Waals surface area (Å²) in [6.45, 7) is 6.03. The van der Waals surface area contributed by atoms with Crippen LogP contribution in [0.5, 0.6) is 0 Å². The largest absolute Gasteiger partial charge is 0.347 e. The van der Waals surface area contributed by atoms with E-state index in [4.69, 9.17) is 0 Å². The predicted octanol–water partition coefficient (Wildman–Crippen LogP) is 4.97. The summed E-state index contributed by atoms with van der Waals surface area (Å²) < 4.78 is 0. The van der Waals surface area contributed by atoms with Gasteiger partial charge in [-0.2, -0.15) is 0 Å². The van der Waals surface area contributed by atoms with E-state index < -0.39 is 0 Å². The average Bonchev–Trinajstić information content (AvgIpc) is 3.00. The van der Waals surface area contributed by atoms with Gasteiger partial charge < -0.3 is 4.90 Å². The molecule has 0 unspecified atom stereocenters. The number of hydrogen-bond acceptors (Lipinski definition) is 3. The zero-order valence-corrected chi connectivity index (χ0v) is 13.8. The van der Waals surface area contributed by atoms with Gasteiger partial charge in [-0.25, -0.2) is 4.98 Å². The van der Waals surface area contributed by atoms with Crippen molar-refractivity contribution in [3.8, 4) is 0 Å². The molecule has 3 rings (SSSR count). The summed E-state index contributed by atoms with van der Waals surface area (Å²) in [5, 5.41) is 2.13. The van der Waals surface area contributed by atoms with E-state index in [1.54, 1.807) is 11.3 Å². The van der Waals surface area contributed by atoms with Crippen LogP contribution in [0.3, 0.4) is 0 Å². The average molecular weight is 308 g/mol. The molecule has 0 radical (unpaired) electrons. The second-order valence-corrected chi connectivity index (χ2v) is 6.60. The lowest BCUT2D eigenvalue weighted by Crippen LogP contribution is -2.23. The fraction of sp³-hybridized carbons (Fsp3) is 0.211. The normalized spacial score (nSPS) is 10.6. The monoisotopic (exact) mass is 308 g/mol. The van der Waals surface area contributed by atoms with Crippen molar-refractivity contribution in [3.63, 3.8) is 0 Å². The molecule has 0 saturated heterocycles. The topological polar surface area (TPSA) is 16.1 Å². The first-order valence-electron chi connectivity index (χ1n) is 7.47. The summed E-state index contributed by atoms with van der Waals surface area (Å²) >= 11 is 1.80. The predicted molar refractivity (Wildman–Crippen MR) is 94.4 cm³/mol. The highest BCUT2D eigenvalue weighted by Crippen LogP contribution is 2.23. The Morgan fingerprint density at radius 1 is 1.00 bits per heavy atom. The molecule has 0 spiro atoms. The van der Waals surface area contributed by atoms with Gasteiger partial charge in [0.1, 0.15) is 5.82 Å². The van der Waals surface area contributed by atoms with Crippen molar-refractivity contribution < 1.29 is 0 Å². The molecule has 2 aromatic heterocycles. The van der Waals surface area contributed by atoms with Gasteiger partial charge in [0.2, 0.25) is 0 Å². The maximum absolute atomic E-state index is 4.61. The Kier molecular flexibility index (Phi) is 4.54. The Morgan fingerprint density at radius 3 is 2.64 bits per heavy atom. The Bertz CT molecular complexity index is 735. The van der Waals surface area contributed by atoms with Crippen molar-refractivity contribution in [3.05, 3.63) is 81.7 Å². The molecular formula is C19H20N2S. The van der Waals surface area contributed by atoms with Crippen molar-refractivity contribution in [1.29, 1.82) is 0 Å². The van der Waals surface area contributed by atoms with Crippen molar-refractivity contribution in [1.82, 2.24) is 4.98 Å². The van der Waals surface area contributed by atoms with E-state index in [1.165, 1.54) is 21.6 Å². The van der Waals surface area contributed by atoms with Gasteiger partial charge in [-0.3, -0.25) is 0 Å². The first-order chi connectivity index (χ1) is 10.7. The van der Waals surface area contributed by atoms with E-state index in [9.17, 15) is 0 Å². The molecule has 2 nitrogen and oxygen atoms in total. The quantitative estimate of drug-likeness (QED) is 0.662. The lowest BCUT2D eigenvalue weighted by molar-refractivity contribution is 0.787. The first kappa shape index (κ1) is 14.8. The minimum Gasteiger partial charge on any atom is -0.347 e. The van der Waals surface area contributed by atoms with E-state index in [2.05, 4.69) is 71.6 Å². The van der Waals surface area contributed by atoms with Crippen molar-refractivity contribution in [2.24, 2.45) is 0 Å². The van der Waals surface area contributed by atoms with Gasteiger partial charge in [0.05, 0.1) is 6.54 Å². The smallest absolute Gasteiger partial charge is 0.132 e. The maximum atomic E-state index is 4.61. The van der Waals surface area contributed by atoms with E-state index in [1.807, 2.05) is 12.3 Å². The number of benzene rings is 1. The van der Waals surface area contributed by atoms with Gasteiger partial charge in [-0.15, -0.1) is 11.3 Å². The molecule has 0 atom stereocenters. The molecule has 0 aliphatic heterocycles. The molecule has 0 aliphatic rings. The molecule has 3 aromatic rings. The molecular weight excluding hydrogens is 288 g/mol. The Balaban J connectivity index is 1.90. The summed E-state index contributed by atoms with van der Waals surface area (Å²) in [4.78, 5) is 8.32. The van der Waals surface area contributed by atoms with Gasteiger partial charge in [0.25, 0.3) is 0 Å². The highest BCUT2D eigenvalue weighted by atomic mass is 32.1. The zero-order chi connectivity index (χ0) is 15.4. The number of hydrogen-bond donors (Lipinski definition) is 0. The van der Waals surface area contributed by atoms with Gasteiger partial charge >= 0.3 is 0 Å². The van der Waals surface area contributed by atoms with Crippen LogP contribution in [-0.4, -0.2) is 4.98 Å². The number of anilines is 1. The van der Waals surface area contributed by atoms with Crippen molar-refractivity contribution in [2.45, 2.75) is 26.9 Å². The number of aromatic nitrogens is 1. The SMILES string of the molecule is Cc1cccc(CN(Cc2cccs2)c2ncccc2C)c1. The fourth-order valence-electron chi connectivity index (χ4n) is 2.64. The number of aryl methyl sites for hydroxylation is 2. The fourth-order valence-corrected chi connectivity index (χ4v) is 3.36. The highest BCUT2D eigenvalue weighted by Gasteiger charge is 2.12. The minimum absolute atomic E-state index is 0.872. The molecule has 0 saturated carbocycles. The van der Waals surface area contributed by atoms with Gasteiger partial charge in [-0.05, 0) is 42.5 Å². The van der Waals surface area contributed by atoms with Crippen LogP contribution in [0.2, 0.25) is 0 Å². The first-order valence-corrected chi connectivity index (χ1v) is 8.35. The molecule has 0 fully saturated rings. The van der Waals surface area contributed by atoms with Gasteiger partial charge in [0.15, 0.2) is 0 Å². The van der Waals surface area contributed by atoms with Gasteiger partial charge in [-0.1, -0.05) is 42.0 Å². The van der Waals surface area contributed by atoms with Crippen LogP contribution < -0.4 is 4.90 Å². The van der Waals surface area contributed by atoms with Crippen molar-refractivity contribution >= 4 is 17.2 Å². The number of pyridine rings is 1. The maximum Gasteiger partial charge on any atom is 0.132 e. The molecule has 0 N–H and O–H groups in total. The molecule has 1 aromatic carbocycles. The number of rotatable bonds is 5. The van der Waals surface area contributed by atoms with E-state index in [-0.39, 0.29) is 0 Å². The third-order valence-electron chi connectivity index (χ3n) is 3.66. The Hall–Kier alpha value is -2.13. The van der Waals surface area contributed by atoms with E-state index >= 15 is 0 Å². The Morgan fingerprint density at radius 2 is 1.91 bits per heavy atom. The summed E-state index contributed by atoms with van der Waals surface area (Å²) in [5.41, 5.74) is 3.83. The van der Waals surface area contributed by atoms with Crippen LogP contribution in [0, 0.1) is 13.8 Å². The Labute approximate surface area is 136 Å². The summed E-state index contributed by atoms with van der Waals surface area (Å²) in [6, 6.07) is 17.1. The van der Waals surface area contributed by atoms with Crippen LogP contribution >= 0.6 is 11.3 Å². The molecule has 0 aliphatic carbocycles. The molecule has 3 heteroatoms. The number of nitrogens with zero attached hydrogens (tertiary/aromatic N) is 2. The molecule has 0 amide bonds. The summed E-state index contributed by atoms with van der Waals surface area (Å²) in [7, 11) is 0. The van der Waals surface area contributed by atoms with Crippen LogP contribution in [0.1, 0.15) is 21.6 Å². The molecule has 2 heterocycles. The lowest BCUT2D eigenvalue weighted by Gasteiger charge is -2.25. The summed E-state index contributed by atoms with van der Waals surface area (Å²) in [6.07, 6.45) is 1.87. The van der Waals surface area contributed by atoms with Crippen LogP contribution in [0.4, 0.5) is 5.82 Å². The lowest BCUT2D eigenvalue weighted by atomic mass is 10.1. The zero-order valence-electron chi connectivity index (χ0n) is 13.0. The van der Waals surface area contributed by atoms with Crippen molar-refractivity contribution in [2.75, 3.05) is 4.90 Å².